The van der Waals surface area contributed by atoms with Crippen molar-refractivity contribution in [3.05, 3.63) is 46.5 Å². The van der Waals surface area contributed by atoms with Gasteiger partial charge in [0.25, 0.3) is 5.56 Å². The summed E-state index contributed by atoms with van der Waals surface area (Å²) in [6.07, 6.45) is 5.57. The fourth-order valence-corrected chi connectivity index (χ4v) is 3.25. The van der Waals surface area contributed by atoms with Gasteiger partial charge in [0.15, 0.2) is 5.65 Å². The minimum Gasteiger partial charge on any atom is -0.468 e. The molecule has 132 valence electrons. The first-order chi connectivity index (χ1) is 12.2. The minimum atomic E-state index is -0.164. The Bertz CT molecular complexity index is 893. The molecule has 0 unspecified atom stereocenters. The van der Waals surface area contributed by atoms with E-state index in [4.69, 9.17) is 9.15 Å². The number of fused-ring (bicyclic) bond motifs is 1. The van der Waals surface area contributed by atoms with Gasteiger partial charge in [0.05, 0.1) is 31.7 Å². The lowest BCUT2D eigenvalue weighted by molar-refractivity contribution is 0.0645. The van der Waals surface area contributed by atoms with Crippen LogP contribution in [0.3, 0.4) is 0 Å². The highest BCUT2D eigenvalue weighted by Crippen LogP contribution is 2.17. The van der Waals surface area contributed by atoms with Gasteiger partial charge in [0, 0.05) is 20.2 Å². The second kappa shape index (κ2) is 6.81. The molecule has 1 aliphatic heterocycles. The molecule has 0 radical (unpaired) electrons. The van der Waals surface area contributed by atoms with Gasteiger partial charge in [-0.2, -0.15) is 5.10 Å². The zero-order chi connectivity index (χ0) is 17.2. The summed E-state index contributed by atoms with van der Waals surface area (Å²) in [4.78, 5) is 21.9. The van der Waals surface area contributed by atoms with Gasteiger partial charge in [-0.1, -0.05) is 0 Å². The fourth-order valence-electron chi connectivity index (χ4n) is 3.25. The van der Waals surface area contributed by atoms with Crippen molar-refractivity contribution in [3.63, 3.8) is 0 Å². The number of H-pyrrole nitrogens is 1. The van der Waals surface area contributed by atoms with Gasteiger partial charge in [0.1, 0.15) is 17.0 Å². The Kier molecular flexibility index (Phi) is 4.37. The van der Waals surface area contributed by atoms with Crippen LogP contribution in [0.5, 0.6) is 0 Å². The van der Waals surface area contributed by atoms with Crippen molar-refractivity contribution >= 4 is 11.0 Å². The Morgan fingerprint density at radius 2 is 2.36 bits per heavy atom. The molecule has 1 aliphatic rings. The summed E-state index contributed by atoms with van der Waals surface area (Å²) >= 11 is 0. The number of rotatable bonds is 6. The van der Waals surface area contributed by atoms with E-state index in [9.17, 15) is 4.79 Å². The zero-order valence-electron chi connectivity index (χ0n) is 14.1. The van der Waals surface area contributed by atoms with Crippen LogP contribution in [0.15, 0.2) is 33.8 Å². The van der Waals surface area contributed by atoms with E-state index in [-0.39, 0.29) is 11.7 Å². The topological polar surface area (TPSA) is 89.2 Å². The Labute approximate surface area is 144 Å². The van der Waals surface area contributed by atoms with E-state index >= 15 is 0 Å². The molecule has 3 aromatic rings. The number of furan rings is 1. The fraction of sp³-hybridized carbons (Fsp3) is 0.471. The molecule has 8 heteroatoms. The summed E-state index contributed by atoms with van der Waals surface area (Å²) in [6.45, 7) is 2.74. The summed E-state index contributed by atoms with van der Waals surface area (Å²) in [5.74, 6) is 1.49. The molecular weight excluding hydrogens is 322 g/mol. The number of nitrogens with one attached hydrogen (secondary N) is 1. The van der Waals surface area contributed by atoms with Crippen molar-refractivity contribution in [2.45, 2.75) is 32.0 Å². The SMILES string of the molecule is Cn1ncc2c(=O)[nH]c(CN(Cc3ccco3)C[C@@H]3CCCO3)nc21. The first-order valence-corrected chi connectivity index (χ1v) is 8.46. The van der Waals surface area contributed by atoms with Crippen LogP contribution < -0.4 is 5.56 Å². The average molecular weight is 343 g/mol. The van der Waals surface area contributed by atoms with Gasteiger partial charge in [-0.15, -0.1) is 0 Å². The molecule has 1 atom stereocenters. The van der Waals surface area contributed by atoms with Crippen LogP contribution in [0, 0.1) is 0 Å². The van der Waals surface area contributed by atoms with E-state index in [2.05, 4.69) is 20.0 Å². The predicted octanol–water partition coefficient (Wildman–Crippen LogP) is 1.43. The molecule has 1 fully saturated rings. The molecule has 1 N–H and O–H groups in total. The minimum absolute atomic E-state index is 0.164. The summed E-state index contributed by atoms with van der Waals surface area (Å²) in [5.41, 5.74) is 0.428. The Hall–Kier alpha value is -2.45. The second-order valence-electron chi connectivity index (χ2n) is 6.40. The summed E-state index contributed by atoms with van der Waals surface area (Å²) in [5, 5.41) is 4.61. The number of hydrogen-bond donors (Lipinski definition) is 1. The third kappa shape index (κ3) is 3.49. The molecule has 0 spiro atoms. The number of aromatic amines is 1. The molecule has 0 amide bonds. The Balaban J connectivity index is 1.58. The number of aromatic nitrogens is 4. The summed E-state index contributed by atoms with van der Waals surface area (Å²) < 4.78 is 12.9. The van der Waals surface area contributed by atoms with Crippen LogP contribution in [-0.2, 0) is 24.9 Å². The molecule has 3 aromatic heterocycles. The monoisotopic (exact) mass is 343 g/mol. The number of ether oxygens (including phenoxy) is 1. The van der Waals surface area contributed by atoms with Gasteiger partial charge in [-0.3, -0.25) is 14.4 Å². The predicted molar refractivity (Wildman–Crippen MR) is 90.9 cm³/mol. The molecule has 1 saturated heterocycles. The van der Waals surface area contributed by atoms with Crippen LogP contribution in [0.25, 0.3) is 11.0 Å². The van der Waals surface area contributed by atoms with Crippen molar-refractivity contribution < 1.29 is 9.15 Å². The summed E-state index contributed by atoms with van der Waals surface area (Å²) in [6, 6.07) is 3.82. The van der Waals surface area contributed by atoms with Crippen LogP contribution >= 0.6 is 0 Å². The van der Waals surface area contributed by atoms with Crippen LogP contribution in [0.2, 0.25) is 0 Å². The highest BCUT2D eigenvalue weighted by Gasteiger charge is 2.21. The first-order valence-electron chi connectivity index (χ1n) is 8.46. The molecule has 8 nitrogen and oxygen atoms in total. The van der Waals surface area contributed by atoms with E-state index in [1.54, 1.807) is 18.0 Å². The highest BCUT2D eigenvalue weighted by atomic mass is 16.5. The third-order valence-electron chi connectivity index (χ3n) is 4.47. The lowest BCUT2D eigenvalue weighted by Gasteiger charge is -2.23. The molecule has 0 aliphatic carbocycles. The molecule has 0 aromatic carbocycles. The lowest BCUT2D eigenvalue weighted by atomic mass is 10.2. The van der Waals surface area contributed by atoms with Gasteiger partial charge in [0.2, 0.25) is 0 Å². The number of hydrogen-bond acceptors (Lipinski definition) is 6. The standard InChI is InChI=1S/C17H21N5O3/c1-21-16-14(8-18-21)17(23)20-15(19-16)11-22(9-12-4-2-6-24-12)10-13-5-3-7-25-13/h2,4,6,8,13H,3,5,7,9-11H2,1H3,(H,19,20,23)/t13-/m0/s1. The van der Waals surface area contributed by atoms with E-state index < -0.39 is 0 Å². The van der Waals surface area contributed by atoms with Crippen molar-refractivity contribution in [2.24, 2.45) is 7.05 Å². The largest absolute Gasteiger partial charge is 0.468 e. The highest BCUT2D eigenvalue weighted by molar-refractivity contribution is 5.72. The quantitative estimate of drug-likeness (QED) is 0.728. The van der Waals surface area contributed by atoms with E-state index in [1.807, 2.05) is 12.1 Å². The van der Waals surface area contributed by atoms with Crippen LogP contribution in [0.1, 0.15) is 24.4 Å². The maximum absolute atomic E-state index is 12.2. The van der Waals surface area contributed by atoms with E-state index in [1.165, 1.54) is 6.20 Å². The normalized spacial score (nSPS) is 17.8. The molecule has 4 heterocycles. The van der Waals surface area contributed by atoms with Crippen molar-refractivity contribution in [2.75, 3.05) is 13.2 Å². The maximum atomic E-state index is 12.2. The number of aryl methyl sites for hydroxylation is 1. The van der Waals surface area contributed by atoms with Crippen LogP contribution in [0.4, 0.5) is 0 Å². The average Bonchev–Trinajstić information content (AvgIpc) is 3.32. The Morgan fingerprint density at radius 1 is 1.44 bits per heavy atom. The van der Waals surface area contributed by atoms with Gasteiger partial charge >= 0.3 is 0 Å². The summed E-state index contributed by atoms with van der Waals surface area (Å²) in [7, 11) is 1.78. The zero-order valence-corrected chi connectivity index (χ0v) is 14.1. The Morgan fingerprint density at radius 3 is 3.12 bits per heavy atom. The molecule has 4 rings (SSSR count). The second-order valence-corrected chi connectivity index (χ2v) is 6.40. The smallest absolute Gasteiger partial charge is 0.262 e. The third-order valence-corrected chi connectivity index (χ3v) is 4.47. The van der Waals surface area contributed by atoms with Gasteiger partial charge < -0.3 is 14.1 Å². The van der Waals surface area contributed by atoms with Crippen LogP contribution in [-0.4, -0.2) is 43.9 Å². The molecule has 0 bridgehead atoms. The van der Waals surface area contributed by atoms with Crippen molar-refractivity contribution in [1.82, 2.24) is 24.6 Å². The molecule has 0 saturated carbocycles. The van der Waals surface area contributed by atoms with Gasteiger partial charge in [-0.05, 0) is 25.0 Å². The molecule has 25 heavy (non-hydrogen) atoms. The van der Waals surface area contributed by atoms with Gasteiger partial charge in [-0.25, -0.2) is 4.98 Å². The van der Waals surface area contributed by atoms with Crippen molar-refractivity contribution in [3.8, 4) is 0 Å². The maximum Gasteiger partial charge on any atom is 0.262 e. The van der Waals surface area contributed by atoms with E-state index in [0.29, 0.717) is 29.9 Å². The lowest BCUT2D eigenvalue weighted by Crippen LogP contribution is -2.32. The van der Waals surface area contributed by atoms with Crippen molar-refractivity contribution in [1.29, 1.82) is 0 Å². The number of nitrogens with zero attached hydrogens (tertiary/aromatic N) is 4. The molecular formula is C17H21N5O3. The van der Waals surface area contributed by atoms with E-state index in [0.717, 1.165) is 31.8 Å². The first kappa shape index (κ1) is 16.0.